The van der Waals surface area contributed by atoms with Crippen LogP contribution in [0, 0.1) is 25.8 Å². The molecule has 3 aromatic heterocycles. The Morgan fingerprint density at radius 1 is 0.534 bits per heavy atom. The largest absolute Gasteiger partial charge is 0.500 e. The van der Waals surface area contributed by atoms with Crippen LogP contribution < -0.4 is 0 Å². The summed E-state index contributed by atoms with van der Waals surface area (Å²) in [5.74, 6) is 1.33. The number of hydrogen-bond acceptors (Lipinski definition) is 3. The van der Waals surface area contributed by atoms with Crippen LogP contribution in [-0.2, 0) is 20.1 Å². The molecule has 0 saturated carbocycles. The number of rotatable bonds is 6. The number of pyridine rings is 1. The van der Waals surface area contributed by atoms with Crippen molar-refractivity contribution in [2.24, 2.45) is 0 Å². The van der Waals surface area contributed by atoms with Gasteiger partial charge in [0.15, 0.2) is 0 Å². The zero-order valence-corrected chi connectivity index (χ0v) is 43.2. The van der Waals surface area contributed by atoms with Crippen LogP contribution >= 0.6 is 0 Å². The molecule has 0 saturated heterocycles. The fourth-order valence-electron chi connectivity index (χ4n) is 10.5. The van der Waals surface area contributed by atoms with Crippen molar-refractivity contribution >= 4 is 33.0 Å². The van der Waals surface area contributed by atoms with E-state index in [9.17, 15) is 0 Å². The Kier molecular flexibility index (Phi) is 10.9. The summed E-state index contributed by atoms with van der Waals surface area (Å²) in [6, 6.07) is 73.2. The van der Waals surface area contributed by atoms with E-state index in [1.807, 2.05) is 6.07 Å². The molecule has 1 radical (unpaired) electrons. The Labute approximate surface area is 449 Å². The van der Waals surface area contributed by atoms with E-state index >= 15 is 0 Å². The second-order valence-corrected chi connectivity index (χ2v) is 19.1. The predicted molar refractivity (Wildman–Crippen MR) is 300 cm³/mol. The molecule has 0 spiro atoms. The molecule has 9 aromatic carbocycles. The fraction of sp³-hybridized carbons (Fsp3) is 0.118. The molecule has 12 aromatic rings. The first-order valence-electron chi connectivity index (χ1n) is 27.5. The number of nitrogens with zero attached hydrogens (tertiary/aromatic N) is 3. The van der Waals surface area contributed by atoms with Gasteiger partial charge in [0.2, 0.25) is 0 Å². The zero-order chi connectivity index (χ0) is 54.0. The Morgan fingerprint density at radius 2 is 1.12 bits per heavy atom. The summed E-state index contributed by atoms with van der Waals surface area (Å²) < 4.78 is 53.4. The fourth-order valence-corrected chi connectivity index (χ4v) is 10.5. The van der Waals surface area contributed by atoms with E-state index in [0.29, 0.717) is 11.3 Å². The number of hydrogen-bond donors (Lipinski definition) is 0. The van der Waals surface area contributed by atoms with Gasteiger partial charge in [0.05, 0.1) is 22.4 Å². The van der Waals surface area contributed by atoms with Crippen LogP contribution in [0.4, 0.5) is 0 Å². The van der Waals surface area contributed by atoms with E-state index in [1.165, 1.54) is 80.2 Å². The van der Waals surface area contributed by atoms with Crippen molar-refractivity contribution in [2.75, 3.05) is 0 Å². The molecular weight excluding hydrogens is 1070 g/mol. The molecule has 0 fully saturated rings. The number of imidazole rings is 1. The van der Waals surface area contributed by atoms with Gasteiger partial charge in [-0.3, -0.25) is 4.98 Å². The maximum absolute atomic E-state index is 7.33. The SMILES string of the molecule is CC(C)c1cc(-c2ccccc2)cc(C(C)C)c1-n1c(-c2[c-]ccc3c2oc2c4c(ccc23)-c2ccccc2-c2ccccc2-c2ccccc2-4)nc2ccccc21.[2H]C([2H])([2H])c1c[c-]c(-c2ccc(C([2H])([2H])[2H])cn2)cc1.[Ir]. The number of aryl methyl sites for hydroxylation is 2. The van der Waals surface area contributed by atoms with Gasteiger partial charge >= 0.3 is 0 Å². The Balaban J connectivity index is 0.000000267. The second-order valence-electron chi connectivity index (χ2n) is 19.1. The number of furan rings is 1. The van der Waals surface area contributed by atoms with Crippen molar-refractivity contribution in [2.45, 2.75) is 53.2 Å². The first-order chi connectivity index (χ1) is 37.6. The quantitative estimate of drug-likeness (QED) is 0.156. The van der Waals surface area contributed by atoms with E-state index in [2.05, 4.69) is 207 Å². The summed E-state index contributed by atoms with van der Waals surface area (Å²) >= 11 is 0. The van der Waals surface area contributed by atoms with Crippen LogP contribution in [-0.4, -0.2) is 14.5 Å². The smallest absolute Gasteiger partial charge is 0.129 e. The van der Waals surface area contributed by atoms with Crippen molar-refractivity contribution in [3.8, 4) is 84.0 Å². The molecule has 0 unspecified atom stereocenters. The van der Waals surface area contributed by atoms with E-state index < -0.39 is 13.7 Å². The summed E-state index contributed by atoms with van der Waals surface area (Å²) in [6.07, 6.45) is 1.30. The number of para-hydroxylation sites is 2. The van der Waals surface area contributed by atoms with Crippen molar-refractivity contribution in [3.63, 3.8) is 0 Å². The Hall–Kier alpha value is -7.95. The topological polar surface area (TPSA) is 43.9 Å². The summed E-state index contributed by atoms with van der Waals surface area (Å²) in [7, 11) is 0. The minimum atomic E-state index is -2.18. The average Bonchev–Trinajstić information content (AvgIpc) is 4.27. The summed E-state index contributed by atoms with van der Waals surface area (Å²) in [4.78, 5) is 9.51. The Morgan fingerprint density at radius 3 is 1.74 bits per heavy atom. The van der Waals surface area contributed by atoms with E-state index in [1.54, 1.807) is 12.1 Å². The normalized spacial score (nSPS) is 13.1. The van der Waals surface area contributed by atoms with Crippen LogP contribution in [0.5, 0.6) is 0 Å². The molecule has 0 N–H and O–H groups in total. The third-order valence-corrected chi connectivity index (χ3v) is 13.9. The van der Waals surface area contributed by atoms with Crippen LogP contribution in [0.15, 0.2) is 205 Å². The number of benzene rings is 9. The first-order valence-corrected chi connectivity index (χ1v) is 24.5. The summed E-state index contributed by atoms with van der Waals surface area (Å²) in [5, 5.41) is 2.12. The average molecular weight is 1130 g/mol. The minimum Gasteiger partial charge on any atom is -0.500 e. The molecule has 0 aliphatic heterocycles. The molecule has 357 valence electrons. The van der Waals surface area contributed by atoms with Gasteiger partial charge in [0.1, 0.15) is 5.58 Å². The van der Waals surface area contributed by atoms with Crippen molar-refractivity contribution in [1.82, 2.24) is 14.5 Å². The summed E-state index contributed by atoms with van der Waals surface area (Å²) in [5.41, 5.74) is 21.7. The maximum Gasteiger partial charge on any atom is 0.129 e. The third-order valence-electron chi connectivity index (χ3n) is 13.9. The molecule has 13 rings (SSSR count). The van der Waals surface area contributed by atoms with Crippen LogP contribution in [0.1, 0.15) is 70.0 Å². The van der Waals surface area contributed by atoms with Gasteiger partial charge in [0.25, 0.3) is 0 Å². The number of fused-ring (bicyclic) bond motifs is 13. The third kappa shape index (κ3) is 8.43. The van der Waals surface area contributed by atoms with Gasteiger partial charge in [-0.2, -0.15) is 0 Å². The van der Waals surface area contributed by atoms with E-state index in [-0.39, 0.29) is 43.1 Å². The van der Waals surface area contributed by atoms with Gasteiger partial charge < -0.3 is 14.0 Å². The molecule has 4 nitrogen and oxygen atoms in total. The molecular formula is C68H53IrN3O-2. The van der Waals surface area contributed by atoms with Crippen molar-refractivity contribution in [3.05, 3.63) is 235 Å². The molecule has 3 heterocycles. The van der Waals surface area contributed by atoms with Gasteiger partial charge in [-0.25, -0.2) is 0 Å². The molecule has 1 aliphatic carbocycles. The van der Waals surface area contributed by atoms with Gasteiger partial charge in [-0.1, -0.05) is 185 Å². The van der Waals surface area contributed by atoms with Crippen LogP contribution in [0.3, 0.4) is 0 Å². The molecule has 1 aliphatic rings. The standard InChI is InChI=1S/C55H41N2O.C13H12N.Ir/c1-33(2)47-31-36(35-17-6-5-7-18-35)32-48(34(3)4)52(47)57-50-28-15-14-27-49(50)56-55(57)46-26-16-25-44-45-30-29-43-41-23-11-10-21-39(41)37-19-8-9-20-38(37)40-22-12-13-24-42(40)51(43)54(45)58-53(44)46;1-10-3-6-12(7-4-10)13-8-5-11(2)9-14-13;/h5-25,27-34H,1-4H3;3-6,8-9H,1-2H3;/q2*-1;/i;1D3,2D3;. The second kappa shape index (κ2) is 19.6. The minimum absolute atomic E-state index is 0. The van der Waals surface area contributed by atoms with Crippen LogP contribution in [0.2, 0.25) is 0 Å². The van der Waals surface area contributed by atoms with Crippen molar-refractivity contribution in [1.29, 1.82) is 0 Å². The van der Waals surface area contributed by atoms with E-state index in [4.69, 9.17) is 17.6 Å². The van der Waals surface area contributed by atoms with Gasteiger partial charge in [-0.05, 0) is 115 Å². The monoisotopic (exact) mass is 1130 g/mol. The van der Waals surface area contributed by atoms with Gasteiger partial charge in [0, 0.05) is 51.2 Å². The zero-order valence-electron chi connectivity index (χ0n) is 46.8. The molecule has 0 amide bonds. The van der Waals surface area contributed by atoms with Crippen LogP contribution in [0.25, 0.3) is 117 Å². The first kappa shape index (κ1) is 40.6. The molecule has 0 atom stereocenters. The van der Waals surface area contributed by atoms with Crippen molar-refractivity contribution < 1.29 is 32.7 Å². The number of aromatic nitrogens is 3. The summed E-state index contributed by atoms with van der Waals surface area (Å²) in [6.45, 7) is 4.85. The van der Waals surface area contributed by atoms with Gasteiger partial charge in [-0.15, -0.1) is 53.6 Å². The Bertz CT molecular complexity index is 4140. The molecule has 73 heavy (non-hydrogen) atoms. The molecule has 5 heteroatoms. The maximum atomic E-state index is 7.33. The molecule has 0 bridgehead atoms. The predicted octanol–water partition coefficient (Wildman–Crippen LogP) is 18.5. The van der Waals surface area contributed by atoms with E-state index in [0.717, 1.165) is 61.1 Å².